The summed E-state index contributed by atoms with van der Waals surface area (Å²) in [6.45, 7) is 1.71. The van der Waals surface area contributed by atoms with Gasteiger partial charge < -0.3 is 10.4 Å². The Morgan fingerprint density at radius 2 is 2.14 bits per heavy atom. The van der Waals surface area contributed by atoms with Crippen molar-refractivity contribution in [3.8, 4) is 0 Å². The summed E-state index contributed by atoms with van der Waals surface area (Å²) >= 11 is 5.97. The molecule has 110 valence electrons. The molecular weight excluding hydrogens is 294 g/mol. The zero-order chi connectivity index (χ0) is 15.6. The zero-order valence-corrected chi connectivity index (χ0v) is 12.3. The second kappa shape index (κ2) is 5.97. The van der Waals surface area contributed by atoms with E-state index >= 15 is 0 Å². The van der Waals surface area contributed by atoms with Crippen LogP contribution in [-0.4, -0.2) is 26.8 Å². The first-order chi connectivity index (χ1) is 9.90. The van der Waals surface area contributed by atoms with E-state index in [-0.39, 0.29) is 0 Å². The van der Waals surface area contributed by atoms with Gasteiger partial charge >= 0.3 is 5.97 Å². The van der Waals surface area contributed by atoms with Gasteiger partial charge in [0, 0.05) is 29.4 Å². The molecule has 6 nitrogen and oxygen atoms in total. The highest BCUT2D eigenvalue weighted by Crippen LogP contribution is 2.20. The quantitative estimate of drug-likeness (QED) is 0.904. The first kappa shape index (κ1) is 15.1. The minimum absolute atomic E-state index is 0.345. The van der Waals surface area contributed by atoms with Crippen LogP contribution in [0.2, 0.25) is 5.02 Å². The van der Waals surface area contributed by atoms with Crippen LogP contribution < -0.4 is 5.32 Å². The smallest absolute Gasteiger partial charge is 0.331 e. The summed E-state index contributed by atoms with van der Waals surface area (Å²) in [6, 6.07) is 3.75. The predicted molar refractivity (Wildman–Crippen MR) is 77.2 cm³/mol. The second-order valence-corrected chi connectivity index (χ2v) is 5.01. The van der Waals surface area contributed by atoms with Crippen LogP contribution in [0, 0.1) is 6.92 Å². The van der Waals surface area contributed by atoms with Crippen LogP contribution in [0.15, 0.2) is 30.6 Å². The summed E-state index contributed by atoms with van der Waals surface area (Å²) < 4.78 is 1.47. The van der Waals surface area contributed by atoms with Crippen LogP contribution in [0.5, 0.6) is 0 Å². The standard InChI is InChI=1S/C14H14ClN3O3/c1-8-10(4-3-5-11(8)15)13(19)17-12(14(20)21)9-6-16-18(2)7-9/h3-7,12H,1-2H3,(H,17,19)(H,20,21). The molecule has 0 fully saturated rings. The molecule has 7 heteroatoms. The molecule has 1 aromatic carbocycles. The molecule has 2 aromatic rings. The molecule has 0 saturated heterocycles. The summed E-state index contributed by atoms with van der Waals surface area (Å²) in [7, 11) is 1.67. The number of carbonyl (C=O) groups is 2. The van der Waals surface area contributed by atoms with E-state index in [0.29, 0.717) is 21.7 Å². The summed E-state index contributed by atoms with van der Waals surface area (Å²) in [4.78, 5) is 23.6. The fourth-order valence-corrected chi connectivity index (χ4v) is 2.11. The Morgan fingerprint density at radius 3 is 2.71 bits per heavy atom. The molecule has 21 heavy (non-hydrogen) atoms. The average molecular weight is 308 g/mol. The summed E-state index contributed by atoms with van der Waals surface area (Å²) in [5.74, 6) is -1.65. The minimum atomic E-state index is -1.16. The van der Waals surface area contributed by atoms with Crippen molar-refractivity contribution < 1.29 is 14.7 Å². The third kappa shape index (κ3) is 3.22. The number of hydrogen-bond donors (Lipinski definition) is 2. The Bertz CT molecular complexity index is 697. The van der Waals surface area contributed by atoms with Gasteiger partial charge in [-0.15, -0.1) is 0 Å². The number of hydrogen-bond acceptors (Lipinski definition) is 3. The van der Waals surface area contributed by atoms with Crippen molar-refractivity contribution in [3.63, 3.8) is 0 Å². The largest absolute Gasteiger partial charge is 0.479 e. The third-order valence-corrected chi connectivity index (χ3v) is 3.50. The fraction of sp³-hybridized carbons (Fsp3) is 0.214. The maximum absolute atomic E-state index is 12.3. The SMILES string of the molecule is Cc1c(Cl)cccc1C(=O)NC(C(=O)O)c1cnn(C)c1. The van der Waals surface area contributed by atoms with Gasteiger partial charge in [-0.3, -0.25) is 9.48 Å². The highest BCUT2D eigenvalue weighted by molar-refractivity contribution is 6.31. The second-order valence-electron chi connectivity index (χ2n) is 4.60. The summed E-state index contributed by atoms with van der Waals surface area (Å²) in [6.07, 6.45) is 2.95. The maximum atomic E-state index is 12.3. The Labute approximate surface area is 126 Å². The van der Waals surface area contributed by atoms with Crippen molar-refractivity contribution >= 4 is 23.5 Å². The van der Waals surface area contributed by atoms with E-state index in [1.807, 2.05) is 0 Å². The molecule has 0 aliphatic rings. The molecule has 0 aliphatic carbocycles. The van der Waals surface area contributed by atoms with Gasteiger partial charge in [0.2, 0.25) is 0 Å². The number of halogens is 1. The van der Waals surface area contributed by atoms with Crippen LogP contribution >= 0.6 is 11.6 Å². The number of carboxylic acid groups (broad SMARTS) is 1. The summed E-state index contributed by atoms with van der Waals surface area (Å²) in [5, 5.41) is 16.1. The monoisotopic (exact) mass is 307 g/mol. The summed E-state index contributed by atoms with van der Waals surface area (Å²) in [5.41, 5.74) is 1.35. The maximum Gasteiger partial charge on any atom is 0.331 e. The van der Waals surface area contributed by atoms with E-state index in [2.05, 4.69) is 10.4 Å². The molecule has 2 N–H and O–H groups in total. The lowest BCUT2D eigenvalue weighted by Gasteiger charge is -2.14. The molecule has 0 aliphatic heterocycles. The lowest BCUT2D eigenvalue weighted by molar-refractivity contribution is -0.139. The van der Waals surface area contributed by atoms with E-state index in [1.165, 1.54) is 10.9 Å². The number of aliphatic carboxylic acids is 1. The molecule has 1 heterocycles. The van der Waals surface area contributed by atoms with Crippen molar-refractivity contribution in [3.05, 3.63) is 52.3 Å². The lowest BCUT2D eigenvalue weighted by atomic mass is 10.1. The van der Waals surface area contributed by atoms with E-state index in [1.54, 1.807) is 38.4 Å². The molecule has 0 radical (unpaired) electrons. The van der Waals surface area contributed by atoms with Crippen LogP contribution in [0.4, 0.5) is 0 Å². The molecule has 1 unspecified atom stereocenters. The number of nitrogens with zero attached hydrogens (tertiary/aromatic N) is 2. The van der Waals surface area contributed by atoms with Gasteiger partial charge in [0.15, 0.2) is 6.04 Å². The van der Waals surface area contributed by atoms with Crippen molar-refractivity contribution in [2.75, 3.05) is 0 Å². The normalized spacial score (nSPS) is 12.0. The van der Waals surface area contributed by atoms with Gasteiger partial charge in [0.25, 0.3) is 5.91 Å². The molecule has 2 rings (SSSR count). The molecule has 1 amide bonds. The minimum Gasteiger partial charge on any atom is -0.479 e. The Hall–Kier alpha value is -2.34. The number of carboxylic acids is 1. The van der Waals surface area contributed by atoms with E-state index in [4.69, 9.17) is 11.6 Å². The fourth-order valence-electron chi connectivity index (χ4n) is 1.94. The molecule has 0 bridgehead atoms. The van der Waals surface area contributed by atoms with E-state index in [0.717, 1.165) is 0 Å². The Balaban J connectivity index is 2.27. The van der Waals surface area contributed by atoms with Crippen LogP contribution in [0.3, 0.4) is 0 Å². The highest BCUT2D eigenvalue weighted by atomic mass is 35.5. The molecule has 0 saturated carbocycles. The number of aromatic nitrogens is 2. The number of nitrogens with one attached hydrogen (secondary N) is 1. The van der Waals surface area contributed by atoms with Gasteiger partial charge in [0.1, 0.15) is 0 Å². The average Bonchev–Trinajstić information content (AvgIpc) is 2.84. The van der Waals surface area contributed by atoms with Crippen LogP contribution in [0.25, 0.3) is 0 Å². The number of aryl methyl sites for hydroxylation is 1. The highest BCUT2D eigenvalue weighted by Gasteiger charge is 2.24. The first-order valence-electron chi connectivity index (χ1n) is 6.17. The van der Waals surface area contributed by atoms with Crippen molar-refractivity contribution in [2.45, 2.75) is 13.0 Å². The molecule has 0 spiro atoms. The number of amides is 1. The van der Waals surface area contributed by atoms with Gasteiger partial charge in [0.05, 0.1) is 6.20 Å². The molecule has 1 aromatic heterocycles. The number of carbonyl (C=O) groups excluding carboxylic acids is 1. The van der Waals surface area contributed by atoms with Crippen molar-refractivity contribution in [2.24, 2.45) is 7.05 Å². The van der Waals surface area contributed by atoms with Crippen molar-refractivity contribution in [1.82, 2.24) is 15.1 Å². The van der Waals surface area contributed by atoms with Crippen LogP contribution in [0.1, 0.15) is 27.5 Å². The van der Waals surface area contributed by atoms with Gasteiger partial charge in [-0.25, -0.2) is 4.79 Å². The topological polar surface area (TPSA) is 84.2 Å². The first-order valence-corrected chi connectivity index (χ1v) is 6.55. The molecule has 1 atom stereocenters. The third-order valence-electron chi connectivity index (χ3n) is 3.09. The lowest BCUT2D eigenvalue weighted by Crippen LogP contribution is -2.34. The van der Waals surface area contributed by atoms with Gasteiger partial charge in [-0.2, -0.15) is 5.10 Å². The van der Waals surface area contributed by atoms with Gasteiger partial charge in [-0.05, 0) is 24.6 Å². The number of benzene rings is 1. The Morgan fingerprint density at radius 1 is 1.43 bits per heavy atom. The van der Waals surface area contributed by atoms with E-state index in [9.17, 15) is 14.7 Å². The number of rotatable bonds is 4. The zero-order valence-electron chi connectivity index (χ0n) is 11.5. The van der Waals surface area contributed by atoms with E-state index < -0.39 is 17.9 Å². The molecular formula is C14H14ClN3O3. The Kier molecular flexibility index (Phi) is 4.28. The van der Waals surface area contributed by atoms with Gasteiger partial charge in [-0.1, -0.05) is 17.7 Å². The van der Waals surface area contributed by atoms with Crippen molar-refractivity contribution in [1.29, 1.82) is 0 Å². The van der Waals surface area contributed by atoms with Crippen LogP contribution in [-0.2, 0) is 11.8 Å². The predicted octanol–water partition coefficient (Wildman–Crippen LogP) is 1.94.